The topological polar surface area (TPSA) is 45.2 Å². The van der Waals surface area contributed by atoms with Gasteiger partial charge in [-0.3, -0.25) is 0 Å². The van der Waals surface area contributed by atoms with Gasteiger partial charge in [-0.15, -0.1) is 0 Å². The highest BCUT2D eigenvalue weighted by Crippen LogP contribution is 2.47. The molecule has 0 amide bonds. The summed E-state index contributed by atoms with van der Waals surface area (Å²) >= 11 is 4.80. The number of anilines is 6. The first-order chi connectivity index (χ1) is 28.0. The van der Waals surface area contributed by atoms with Crippen molar-refractivity contribution < 1.29 is 0 Å². The molecule has 57 heavy (non-hydrogen) atoms. The Labute approximate surface area is 356 Å². The molecule has 0 fully saturated rings. The largest absolute Gasteiger partial charge is 0.311 e. The summed E-state index contributed by atoms with van der Waals surface area (Å²) in [6, 6.07) is 58.8. The number of halogens is 2. The molecule has 0 saturated carbocycles. The molecule has 9 aromatic carbocycles. The fourth-order valence-corrected chi connectivity index (χ4v) is 9.84. The van der Waals surface area contributed by atoms with Crippen LogP contribution < -0.4 is 26.2 Å². The fourth-order valence-electron chi connectivity index (χ4n) is 9.13. The second kappa shape index (κ2) is 12.8. The molecule has 5 nitrogen and oxygen atoms in total. The van der Waals surface area contributed by atoms with Gasteiger partial charge in [-0.1, -0.05) is 60.7 Å². The van der Waals surface area contributed by atoms with Crippen LogP contribution in [0.2, 0.25) is 0 Å². The van der Waals surface area contributed by atoms with Crippen LogP contribution in [0, 0.1) is 7.14 Å². The predicted molar refractivity (Wildman–Crippen MR) is 255 cm³/mol. The lowest BCUT2D eigenvalue weighted by Gasteiger charge is -2.44. The minimum atomic E-state index is -0.0562. The fraction of sp³-hybridized carbons (Fsp3) is 0. The SMILES string of the molecule is Ic1ccc(N2c3cc4cc5ccccc5cc4cc3B3c4cc5cc6ccccc6cc5cc4N(c4ccc(I)cc4)c4cc(-c5ncncn5)cc2c43)cc1. The summed E-state index contributed by atoms with van der Waals surface area (Å²) in [5, 5.41) is 9.83. The van der Waals surface area contributed by atoms with E-state index in [1.54, 1.807) is 12.7 Å². The van der Waals surface area contributed by atoms with E-state index in [9.17, 15) is 0 Å². The molecular weight excluding hydrogens is 923 g/mol. The maximum Gasteiger partial charge on any atom is 0.252 e. The first-order valence-electron chi connectivity index (χ1n) is 18.9. The molecule has 0 saturated heterocycles. The molecule has 2 aliphatic rings. The number of benzene rings is 9. The summed E-state index contributed by atoms with van der Waals surface area (Å²) in [5.74, 6) is 0.636. The molecule has 10 aromatic rings. The van der Waals surface area contributed by atoms with Crippen LogP contribution in [0.4, 0.5) is 34.1 Å². The first kappa shape index (κ1) is 33.3. The average Bonchev–Trinajstić information content (AvgIpc) is 3.24. The van der Waals surface area contributed by atoms with E-state index in [1.165, 1.54) is 78.0 Å². The molecule has 3 heterocycles. The van der Waals surface area contributed by atoms with E-state index >= 15 is 0 Å². The van der Waals surface area contributed by atoms with Crippen LogP contribution in [0.3, 0.4) is 0 Å². The lowest BCUT2D eigenvalue weighted by molar-refractivity contribution is 1.05. The molecule has 2 aliphatic heterocycles. The lowest BCUT2D eigenvalue weighted by atomic mass is 9.33. The van der Waals surface area contributed by atoms with Crippen LogP contribution in [0.15, 0.2) is 170 Å². The van der Waals surface area contributed by atoms with Crippen LogP contribution in [0.25, 0.3) is 54.5 Å². The number of hydrogen-bond acceptors (Lipinski definition) is 5. The van der Waals surface area contributed by atoms with E-state index in [0.29, 0.717) is 5.82 Å². The Morgan fingerprint density at radius 3 is 1.23 bits per heavy atom. The summed E-state index contributed by atoms with van der Waals surface area (Å²) in [4.78, 5) is 18.5. The van der Waals surface area contributed by atoms with Gasteiger partial charge in [0.1, 0.15) is 12.7 Å². The van der Waals surface area contributed by atoms with Crippen molar-refractivity contribution in [3.8, 4) is 11.4 Å². The first-order valence-corrected chi connectivity index (χ1v) is 21.0. The van der Waals surface area contributed by atoms with E-state index in [0.717, 1.165) is 28.3 Å². The third kappa shape index (κ3) is 5.30. The van der Waals surface area contributed by atoms with Gasteiger partial charge in [0, 0.05) is 46.8 Å². The molecule has 1 aromatic heterocycles. The van der Waals surface area contributed by atoms with Crippen molar-refractivity contribution >= 4 is 145 Å². The minimum Gasteiger partial charge on any atom is -0.311 e. The van der Waals surface area contributed by atoms with Crippen molar-refractivity contribution in [2.45, 2.75) is 0 Å². The lowest BCUT2D eigenvalue weighted by Crippen LogP contribution is -2.61. The van der Waals surface area contributed by atoms with Crippen molar-refractivity contribution in [1.29, 1.82) is 0 Å². The van der Waals surface area contributed by atoms with E-state index < -0.39 is 0 Å². The Kier molecular flexibility index (Phi) is 7.50. The van der Waals surface area contributed by atoms with E-state index in [2.05, 4.69) is 218 Å². The second-order valence-corrected chi connectivity index (χ2v) is 17.4. The Morgan fingerprint density at radius 1 is 0.404 bits per heavy atom. The average molecular weight is 951 g/mol. The standard InChI is InChI=1S/C49H28BI2N5/c51-38-9-13-40(14-10-38)56-44-23-35-19-31-7-3-1-5-29(31)17-33(35)21-42(44)50-43-22-34-18-30-6-2-4-8-32(30)20-36(34)24-45(43)57(41-15-11-39(52)12-16-41)47-26-37(25-46(56)48(47)50)49-54-27-53-28-55-49/h1-28H. The van der Waals surface area contributed by atoms with Gasteiger partial charge in [0.2, 0.25) is 0 Å². The molecule has 12 rings (SSSR count). The highest BCUT2D eigenvalue weighted by atomic mass is 127. The molecule has 0 aliphatic carbocycles. The van der Waals surface area contributed by atoms with E-state index in [4.69, 9.17) is 9.97 Å². The van der Waals surface area contributed by atoms with Gasteiger partial charge >= 0.3 is 0 Å². The molecule has 0 radical (unpaired) electrons. The maximum atomic E-state index is 4.70. The third-order valence-electron chi connectivity index (χ3n) is 11.6. The molecule has 0 N–H and O–H groups in total. The van der Waals surface area contributed by atoms with Gasteiger partial charge in [0.05, 0.1) is 0 Å². The van der Waals surface area contributed by atoms with Crippen molar-refractivity contribution in [3.63, 3.8) is 0 Å². The zero-order chi connectivity index (χ0) is 37.8. The normalized spacial score (nSPS) is 13.0. The monoisotopic (exact) mass is 951 g/mol. The van der Waals surface area contributed by atoms with Crippen molar-refractivity contribution in [2.24, 2.45) is 0 Å². The van der Waals surface area contributed by atoms with Crippen LogP contribution >= 0.6 is 45.2 Å². The highest BCUT2D eigenvalue weighted by molar-refractivity contribution is 14.1. The predicted octanol–water partition coefficient (Wildman–Crippen LogP) is 11.4. The van der Waals surface area contributed by atoms with Crippen LogP contribution in [-0.4, -0.2) is 21.7 Å². The molecular formula is C49H28BI2N5. The Hall–Kier alpha value is -5.85. The molecule has 0 bridgehead atoms. The number of hydrogen-bond donors (Lipinski definition) is 0. The minimum absolute atomic E-state index is 0.0562. The highest BCUT2D eigenvalue weighted by Gasteiger charge is 2.44. The quantitative estimate of drug-likeness (QED) is 0.100. The van der Waals surface area contributed by atoms with Gasteiger partial charge < -0.3 is 9.80 Å². The summed E-state index contributed by atoms with van der Waals surface area (Å²) in [7, 11) is 0. The Bertz CT molecular complexity index is 3090. The molecule has 0 unspecified atom stereocenters. The van der Waals surface area contributed by atoms with Crippen molar-refractivity contribution in [1.82, 2.24) is 15.0 Å². The smallest absolute Gasteiger partial charge is 0.252 e. The summed E-state index contributed by atoms with van der Waals surface area (Å²) in [6.07, 6.45) is 3.17. The van der Waals surface area contributed by atoms with Gasteiger partial charge in [0.15, 0.2) is 5.82 Å². The zero-order valence-electron chi connectivity index (χ0n) is 30.2. The van der Waals surface area contributed by atoms with Gasteiger partial charge in [-0.2, -0.15) is 0 Å². The molecule has 266 valence electrons. The van der Waals surface area contributed by atoms with E-state index in [1.807, 2.05) is 0 Å². The van der Waals surface area contributed by atoms with E-state index in [-0.39, 0.29) is 6.71 Å². The van der Waals surface area contributed by atoms with Crippen molar-refractivity contribution in [3.05, 3.63) is 178 Å². The molecule has 0 spiro atoms. The Balaban J connectivity index is 1.24. The summed E-state index contributed by atoms with van der Waals surface area (Å²) in [5.41, 5.74) is 11.5. The van der Waals surface area contributed by atoms with Gasteiger partial charge in [-0.25, -0.2) is 15.0 Å². The summed E-state index contributed by atoms with van der Waals surface area (Å²) < 4.78 is 2.38. The number of rotatable bonds is 3. The van der Waals surface area contributed by atoms with Gasteiger partial charge in [0.25, 0.3) is 6.71 Å². The number of fused-ring (bicyclic) bond motifs is 8. The molecule has 8 heteroatoms. The van der Waals surface area contributed by atoms with Gasteiger partial charge in [-0.05, 0) is 202 Å². The third-order valence-corrected chi connectivity index (χ3v) is 13.1. The number of aromatic nitrogens is 3. The van der Waals surface area contributed by atoms with Crippen LogP contribution in [0.1, 0.15) is 0 Å². The van der Waals surface area contributed by atoms with Crippen molar-refractivity contribution in [2.75, 3.05) is 9.80 Å². The maximum absolute atomic E-state index is 4.70. The second-order valence-electron chi connectivity index (χ2n) is 14.9. The number of nitrogens with zero attached hydrogens (tertiary/aromatic N) is 5. The summed E-state index contributed by atoms with van der Waals surface area (Å²) in [6.45, 7) is -0.0562. The Morgan fingerprint density at radius 2 is 0.807 bits per heavy atom. The van der Waals surface area contributed by atoms with Crippen LogP contribution in [-0.2, 0) is 0 Å². The molecule has 0 atom stereocenters. The zero-order valence-corrected chi connectivity index (χ0v) is 34.6. The van der Waals surface area contributed by atoms with Crippen LogP contribution in [0.5, 0.6) is 0 Å².